The second kappa shape index (κ2) is 8.39. The number of likely N-dealkylation sites (tertiary alicyclic amines) is 1. The van der Waals surface area contributed by atoms with E-state index in [1.165, 1.54) is 28.8 Å². The van der Waals surface area contributed by atoms with Gasteiger partial charge in [-0.05, 0) is 51.0 Å². The molecular weight excluding hydrogens is 365 g/mol. The normalized spacial score (nSPS) is 16.7. The first-order valence-corrected chi connectivity index (χ1v) is 10.2. The number of quaternary nitrogens is 1. The second-order valence-corrected chi connectivity index (χ2v) is 8.55. The van der Waals surface area contributed by atoms with Gasteiger partial charge in [-0.25, -0.2) is 4.39 Å². The monoisotopic (exact) mass is 392 g/mol. The molecule has 0 aliphatic carbocycles. The van der Waals surface area contributed by atoms with E-state index in [0.717, 1.165) is 37.4 Å². The van der Waals surface area contributed by atoms with Gasteiger partial charge in [0.15, 0.2) is 11.0 Å². The highest BCUT2D eigenvalue weighted by atomic mass is 32.2. The Labute approximate surface area is 163 Å². The molecule has 146 valence electrons. The van der Waals surface area contributed by atoms with Crippen LogP contribution >= 0.6 is 11.8 Å². The number of amides is 1. The molecule has 1 aromatic carbocycles. The first kappa shape index (κ1) is 19.8. The van der Waals surface area contributed by atoms with Crippen molar-refractivity contribution in [1.29, 1.82) is 0 Å². The molecule has 0 radical (unpaired) electrons. The number of hydrogen-bond acceptors (Lipinski definition) is 4. The Kier molecular flexibility index (Phi) is 6.16. The van der Waals surface area contributed by atoms with Crippen LogP contribution < -0.4 is 4.90 Å². The van der Waals surface area contributed by atoms with Gasteiger partial charge in [0, 0.05) is 18.8 Å². The molecule has 2 heterocycles. The van der Waals surface area contributed by atoms with Crippen LogP contribution in [0.25, 0.3) is 5.69 Å². The maximum Gasteiger partial charge on any atom is 0.235 e. The molecule has 2 aromatic rings. The molecule has 0 spiro atoms. The summed E-state index contributed by atoms with van der Waals surface area (Å²) in [6.45, 7) is 5.66. The van der Waals surface area contributed by atoms with Crippen molar-refractivity contribution in [3.05, 3.63) is 35.9 Å². The first-order chi connectivity index (χ1) is 12.9. The third kappa shape index (κ3) is 4.32. The number of nitrogens with zero attached hydrogens (tertiary/aromatic N) is 4. The Balaban J connectivity index is 1.92. The number of hydrogen-bond donors (Lipinski definition) is 1. The second-order valence-electron chi connectivity index (χ2n) is 7.24. The SMILES string of the molecule is C[C@H](c1nnc(S[C@H](C)C(=O)N2CCCC2)n1-c1ccc(F)cc1)[NH+](C)C. The number of aromatic nitrogens is 3. The molecule has 1 amide bonds. The number of carbonyl (C=O) groups excluding carboxylic acids is 1. The Morgan fingerprint density at radius 1 is 1.15 bits per heavy atom. The number of benzene rings is 1. The van der Waals surface area contributed by atoms with Crippen molar-refractivity contribution in [2.75, 3.05) is 27.2 Å². The summed E-state index contributed by atoms with van der Waals surface area (Å²) in [4.78, 5) is 15.8. The maximum atomic E-state index is 13.4. The van der Waals surface area contributed by atoms with Crippen LogP contribution in [0.2, 0.25) is 0 Å². The van der Waals surface area contributed by atoms with Gasteiger partial charge in [0.25, 0.3) is 0 Å². The molecule has 1 saturated heterocycles. The number of carbonyl (C=O) groups is 1. The standard InChI is InChI=1S/C19H26FN5OS/c1-13(23(3)4)17-21-22-19(25(17)16-9-7-15(20)8-10-16)27-14(2)18(26)24-11-5-6-12-24/h7-10,13-14H,5-6,11-12H2,1-4H3/p+1/t13-,14-/m1/s1. The highest BCUT2D eigenvalue weighted by molar-refractivity contribution is 8.00. The third-order valence-electron chi connectivity index (χ3n) is 5.04. The van der Waals surface area contributed by atoms with Gasteiger partial charge in [-0.15, -0.1) is 10.2 Å². The van der Waals surface area contributed by atoms with Crippen molar-refractivity contribution in [1.82, 2.24) is 19.7 Å². The Morgan fingerprint density at radius 2 is 1.78 bits per heavy atom. The quantitative estimate of drug-likeness (QED) is 0.761. The largest absolute Gasteiger partial charge is 0.342 e. The van der Waals surface area contributed by atoms with Gasteiger partial charge in [-0.3, -0.25) is 9.36 Å². The van der Waals surface area contributed by atoms with Crippen LogP contribution in [0.15, 0.2) is 29.4 Å². The molecule has 1 aliphatic rings. The van der Waals surface area contributed by atoms with E-state index in [2.05, 4.69) is 31.2 Å². The van der Waals surface area contributed by atoms with E-state index in [-0.39, 0.29) is 23.0 Å². The fourth-order valence-corrected chi connectivity index (χ4v) is 4.09. The molecule has 0 unspecified atom stereocenters. The Morgan fingerprint density at radius 3 is 2.37 bits per heavy atom. The zero-order valence-corrected chi connectivity index (χ0v) is 17.1. The number of rotatable bonds is 6. The molecule has 3 rings (SSSR count). The summed E-state index contributed by atoms with van der Waals surface area (Å²) in [6, 6.07) is 6.40. The maximum absolute atomic E-state index is 13.4. The van der Waals surface area contributed by atoms with Gasteiger partial charge < -0.3 is 9.80 Å². The average Bonchev–Trinajstić information content (AvgIpc) is 3.31. The van der Waals surface area contributed by atoms with E-state index in [9.17, 15) is 9.18 Å². The van der Waals surface area contributed by atoms with Crippen molar-refractivity contribution in [2.45, 2.75) is 43.1 Å². The summed E-state index contributed by atoms with van der Waals surface area (Å²) in [5.41, 5.74) is 0.799. The lowest BCUT2D eigenvalue weighted by atomic mass is 10.2. The topological polar surface area (TPSA) is 55.5 Å². The van der Waals surface area contributed by atoms with E-state index in [4.69, 9.17) is 0 Å². The molecule has 8 heteroatoms. The molecule has 1 fully saturated rings. The van der Waals surface area contributed by atoms with Gasteiger partial charge in [0.2, 0.25) is 5.91 Å². The van der Waals surface area contributed by atoms with E-state index < -0.39 is 0 Å². The van der Waals surface area contributed by atoms with Gasteiger partial charge in [0.05, 0.1) is 19.3 Å². The first-order valence-electron chi connectivity index (χ1n) is 9.35. The highest BCUT2D eigenvalue weighted by Crippen LogP contribution is 2.29. The van der Waals surface area contributed by atoms with Gasteiger partial charge >= 0.3 is 0 Å². The number of nitrogens with one attached hydrogen (secondary N) is 1. The molecule has 1 N–H and O–H groups in total. The fraction of sp³-hybridized carbons (Fsp3) is 0.526. The summed E-state index contributed by atoms with van der Waals surface area (Å²) < 4.78 is 15.3. The summed E-state index contributed by atoms with van der Waals surface area (Å²) in [5.74, 6) is 0.648. The van der Waals surface area contributed by atoms with Gasteiger partial charge in [-0.1, -0.05) is 11.8 Å². The van der Waals surface area contributed by atoms with E-state index in [1.807, 2.05) is 16.4 Å². The van der Waals surface area contributed by atoms with E-state index in [0.29, 0.717) is 5.16 Å². The number of halogens is 1. The lowest BCUT2D eigenvalue weighted by molar-refractivity contribution is -0.890. The van der Waals surface area contributed by atoms with Crippen LogP contribution in [0.3, 0.4) is 0 Å². The van der Waals surface area contributed by atoms with Crippen LogP contribution in [-0.4, -0.2) is 58.0 Å². The molecular formula is C19H27FN5OS+. The molecule has 0 saturated carbocycles. The van der Waals surface area contributed by atoms with Crippen molar-refractivity contribution in [3.63, 3.8) is 0 Å². The summed E-state index contributed by atoms with van der Waals surface area (Å²) >= 11 is 1.41. The molecule has 1 aromatic heterocycles. The average molecular weight is 393 g/mol. The van der Waals surface area contributed by atoms with Crippen molar-refractivity contribution in [2.24, 2.45) is 0 Å². The minimum Gasteiger partial charge on any atom is -0.342 e. The van der Waals surface area contributed by atoms with Crippen LogP contribution in [0.4, 0.5) is 4.39 Å². The lowest BCUT2D eigenvalue weighted by Gasteiger charge is -2.21. The zero-order chi connectivity index (χ0) is 19.6. The van der Waals surface area contributed by atoms with Crippen molar-refractivity contribution < 1.29 is 14.1 Å². The predicted octanol–water partition coefficient (Wildman–Crippen LogP) is 1.71. The minimum absolute atomic E-state index is 0.0986. The van der Waals surface area contributed by atoms with Crippen LogP contribution in [0.5, 0.6) is 0 Å². The van der Waals surface area contributed by atoms with Crippen molar-refractivity contribution in [3.8, 4) is 5.69 Å². The molecule has 0 bridgehead atoms. The Hall–Kier alpha value is -1.93. The molecule has 1 aliphatic heterocycles. The van der Waals surface area contributed by atoms with Gasteiger partial charge in [0.1, 0.15) is 11.9 Å². The molecule has 2 atom stereocenters. The Bertz CT molecular complexity index is 786. The smallest absolute Gasteiger partial charge is 0.235 e. The summed E-state index contributed by atoms with van der Waals surface area (Å²) in [6.07, 6.45) is 2.14. The van der Waals surface area contributed by atoms with Crippen LogP contribution in [0, 0.1) is 5.82 Å². The highest BCUT2D eigenvalue weighted by Gasteiger charge is 2.28. The van der Waals surface area contributed by atoms with E-state index >= 15 is 0 Å². The summed E-state index contributed by atoms with van der Waals surface area (Å²) in [7, 11) is 4.11. The van der Waals surface area contributed by atoms with Crippen molar-refractivity contribution >= 4 is 17.7 Å². The molecule has 6 nitrogen and oxygen atoms in total. The lowest BCUT2D eigenvalue weighted by Crippen LogP contribution is -3.05. The minimum atomic E-state index is -0.286. The van der Waals surface area contributed by atoms with E-state index in [1.54, 1.807) is 12.1 Å². The fourth-order valence-electron chi connectivity index (χ4n) is 3.13. The zero-order valence-electron chi connectivity index (χ0n) is 16.3. The van der Waals surface area contributed by atoms with Gasteiger partial charge in [-0.2, -0.15) is 0 Å². The van der Waals surface area contributed by atoms with Crippen LogP contribution in [-0.2, 0) is 4.79 Å². The molecule has 27 heavy (non-hydrogen) atoms. The number of thioether (sulfide) groups is 1. The predicted molar refractivity (Wildman–Crippen MR) is 104 cm³/mol. The third-order valence-corrected chi connectivity index (χ3v) is 6.07. The summed E-state index contributed by atoms with van der Waals surface area (Å²) in [5, 5.41) is 9.17. The van der Waals surface area contributed by atoms with Crippen LogP contribution in [0.1, 0.15) is 38.6 Å².